The number of rotatable bonds is 22. The third-order valence-corrected chi connectivity index (χ3v) is 11.2. The zero-order valence-corrected chi connectivity index (χ0v) is 38.4. The van der Waals surface area contributed by atoms with Crippen LogP contribution in [0.5, 0.6) is 17.2 Å². The number of amides is 2. The summed E-state index contributed by atoms with van der Waals surface area (Å²) in [5.74, 6) is 2.18. The lowest BCUT2D eigenvalue weighted by atomic mass is 9.78. The van der Waals surface area contributed by atoms with Crippen LogP contribution in [0.25, 0.3) is 0 Å². The van der Waals surface area contributed by atoms with Gasteiger partial charge in [0.25, 0.3) is 0 Å². The molecule has 63 heavy (non-hydrogen) atoms. The Kier molecular flexibility index (Phi) is 17.5. The predicted molar refractivity (Wildman–Crippen MR) is 251 cm³/mol. The van der Waals surface area contributed by atoms with Crippen LogP contribution in [0.1, 0.15) is 40.7 Å². The van der Waals surface area contributed by atoms with Crippen molar-refractivity contribution >= 4 is 23.6 Å². The SMILES string of the molecule is COc1cccc(CN(Cc2ccc(N(C)C)cc2)C(=O)OCCC(CCOC(=O)NC(Cc2cccc(OC)c2)(Cc2cccc(OC)c2)c2ccc(N(C)C)cc2)N(C)C)c1. The molecule has 0 heterocycles. The summed E-state index contributed by atoms with van der Waals surface area (Å²) in [4.78, 5) is 35.6. The molecule has 5 aromatic carbocycles. The van der Waals surface area contributed by atoms with Crippen molar-refractivity contribution in [1.29, 1.82) is 0 Å². The molecular formula is C51H65N5O7. The van der Waals surface area contributed by atoms with E-state index in [2.05, 4.69) is 34.5 Å². The third kappa shape index (κ3) is 14.1. The van der Waals surface area contributed by atoms with Gasteiger partial charge in [-0.1, -0.05) is 60.7 Å². The van der Waals surface area contributed by atoms with Gasteiger partial charge in [0.05, 0.1) is 40.1 Å². The molecule has 0 bridgehead atoms. The van der Waals surface area contributed by atoms with Crippen LogP contribution in [-0.4, -0.2) is 105 Å². The maximum Gasteiger partial charge on any atom is 0.410 e. The average molecular weight is 860 g/mol. The van der Waals surface area contributed by atoms with Crippen LogP contribution >= 0.6 is 0 Å². The third-order valence-electron chi connectivity index (χ3n) is 11.2. The van der Waals surface area contributed by atoms with Crippen molar-refractivity contribution in [3.8, 4) is 17.2 Å². The molecule has 5 rings (SSSR count). The van der Waals surface area contributed by atoms with E-state index in [1.165, 1.54) is 0 Å². The molecule has 2 amide bonds. The van der Waals surface area contributed by atoms with Crippen LogP contribution in [0.2, 0.25) is 0 Å². The number of hydrogen-bond donors (Lipinski definition) is 1. The highest BCUT2D eigenvalue weighted by Gasteiger charge is 2.36. The fraction of sp³-hybridized carbons (Fsp3) is 0.373. The van der Waals surface area contributed by atoms with Gasteiger partial charge in [-0.25, -0.2) is 9.59 Å². The molecule has 0 saturated carbocycles. The molecule has 1 N–H and O–H groups in total. The topological polar surface area (TPSA) is 105 Å². The van der Waals surface area contributed by atoms with Gasteiger partial charge in [0, 0.05) is 71.5 Å². The Labute approximate surface area is 374 Å². The van der Waals surface area contributed by atoms with Gasteiger partial charge in [-0.2, -0.15) is 0 Å². The molecule has 12 heteroatoms. The van der Waals surface area contributed by atoms with Crippen LogP contribution in [0.3, 0.4) is 0 Å². The summed E-state index contributed by atoms with van der Waals surface area (Å²) in [6, 6.07) is 39.9. The van der Waals surface area contributed by atoms with E-state index in [9.17, 15) is 9.59 Å². The van der Waals surface area contributed by atoms with Gasteiger partial charge < -0.3 is 43.7 Å². The lowest BCUT2D eigenvalue weighted by Crippen LogP contribution is -2.49. The van der Waals surface area contributed by atoms with Crippen molar-refractivity contribution in [2.75, 3.05) is 86.6 Å². The number of nitrogens with one attached hydrogen (secondary N) is 1. The molecule has 0 spiro atoms. The van der Waals surface area contributed by atoms with Gasteiger partial charge in [0.2, 0.25) is 0 Å². The number of methoxy groups -OCH3 is 3. The van der Waals surface area contributed by atoms with E-state index in [0.717, 1.165) is 56.4 Å². The van der Waals surface area contributed by atoms with Crippen molar-refractivity contribution < 1.29 is 33.3 Å². The Morgan fingerprint density at radius 1 is 0.556 bits per heavy atom. The van der Waals surface area contributed by atoms with E-state index < -0.39 is 17.7 Å². The fourth-order valence-electron chi connectivity index (χ4n) is 7.62. The van der Waals surface area contributed by atoms with Gasteiger partial charge in [-0.05, 0) is 115 Å². The van der Waals surface area contributed by atoms with E-state index in [0.29, 0.717) is 38.8 Å². The molecule has 0 aliphatic rings. The number of alkyl carbamates (subject to hydrolysis) is 1. The highest BCUT2D eigenvalue weighted by molar-refractivity contribution is 5.69. The molecule has 5 aromatic rings. The summed E-state index contributed by atoms with van der Waals surface area (Å²) >= 11 is 0. The number of benzene rings is 5. The van der Waals surface area contributed by atoms with Crippen LogP contribution in [-0.2, 0) is 40.9 Å². The van der Waals surface area contributed by atoms with Crippen LogP contribution in [0.4, 0.5) is 21.0 Å². The standard InChI is InChI=1S/C51H65N5O7/c1-53(2)43-23-19-38(20-24-43)36-56(37-41-15-12-18-48(33-41)61-9)50(58)63-30-28-45(55(5)6)27-29-62-49(57)52-51(34-39-13-10-16-46(31-39)59-7,35-40-14-11-17-47(32-40)60-8)42-21-25-44(26-22-42)54(3)4/h10-26,31-33,45H,27-30,34-37H2,1-9H3,(H,52,57). The number of hydrogen-bond acceptors (Lipinski definition) is 10. The summed E-state index contributed by atoms with van der Waals surface area (Å²) in [7, 11) is 16.9. The first-order valence-corrected chi connectivity index (χ1v) is 21.3. The molecule has 1 atom stereocenters. The van der Waals surface area contributed by atoms with E-state index >= 15 is 0 Å². The zero-order chi connectivity index (χ0) is 45.4. The molecule has 0 aliphatic heterocycles. The average Bonchev–Trinajstić information content (AvgIpc) is 3.28. The van der Waals surface area contributed by atoms with Gasteiger partial charge >= 0.3 is 12.2 Å². The molecule has 336 valence electrons. The first-order chi connectivity index (χ1) is 30.3. The van der Waals surface area contributed by atoms with Crippen molar-refractivity contribution in [1.82, 2.24) is 15.1 Å². The van der Waals surface area contributed by atoms with Crippen molar-refractivity contribution in [3.05, 3.63) is 149 Å². The summed E-state index contributed by atoms with van der Waals surface area (Å²) in [5.41, 5.74) is 6.02. The van der Waals surface area contributed by atoms with E-state index in [-0.39, 0.29) is 19.3 Å². The maximum absolute atomic E-state index is 14.1. The molecule has 1 unspecified atom stereocenters. The minimum absolute atomic E-state index is 0.0343. The second-order valence-corrected chi connectivity index (χ2v) is 16.4. The lowest BCUT2D eigenvalue weighted by molar-refractivity contribution is 0.0829. The number of ether oxygens (including phenoxy) is 5. The van der Waals surface area contributed by atoms with Crippen molar-refractivity contribution in [2.24, 2.45) is 0 Å². The van der Waals surface area contributed by atoms with Gasteiger partial charge in [-0.15, -0.1) is 0 Å². The number of nitrogens with zero attached hydrogens (tertiary/aromatic N) is 4. The van der Waals surface area contributed by atoms with Crippen LogP contribution < -0.4 is 29.3 Å². The number of anilines is 2. The highest BCUT2D eigenvalue weighted by atomic mass is 16.6. The van der Waals surface area contributed by atoms with Gasteiger partial charge in [0.1, 0.15) is 17.2 Å². The maximum atomic E-state index is 14.1. The second-order valence-electron chi connectivity index (χ2n) is 16.4. The molecule has 0 aliphatic carbocycles. The Balaban J connectivity index is 1.29. The minimum Gasteiger partial charge on any atom is -0.497 e. The Hall–Kier alpha value is -6.40. The minimum atomic E-state index is -0.916. The van der Waals surface area contributed by atoms with E-state index in [1.54, 1.807) is 26.2 Å². The van der Waals surface area contributed by atoms with E-state index in [1.807, 2.05) is 149 Å². The first kappa shape index (κ1) is 47.6. The lowest BCUT2D eigenvalue weighted by Gasteiger charge is -2.36. The van der Waals surface area contributed by atoms with Crippen molar-refractivity contribution in [3.63, 3.8) is 0 Å². The highest BCUT2D eigenvalue weighted by Crippen LogP contribution is 2.34. The van der Waals surface area contributed by atoms with Crippen LogP contribution in [0, 0.1) is 0 Å². The normalized spacial score (nSPS) is 11.7. The predicted octanol–water partition coefficient (Wildman–Crippen LogP) is 8.80. The molecule has 0 aromatic heterocycles. The monoisotopic (exact) mass is 859 g/mol. The first-order valence-electron chi connectivity index (χ1n) is 21.3. The van der Waals surface area contributed by atoms with Gasteiger partial charge in [0.15, 0.2) is 0 Å². The largest absolute Gasteiger partial charge is 0.497 e. The Morgan fingerprint density at radius 3 is 1.48 bits per heavy atom. The molecule has 12 nitrogen and oxygen atoms in total. The summed E-state index contributed by atoms with van der Waals surface area (Å²) < 4.78 is 28.6. The quantitative estimate of drug-likeness (QED) is 0.0727. The van der Waals surface area contributed by atoms with Crippen LogP contribution in [0.15, 0.2) is 121 Å². The van der Waals surface area contributed by atoms with E-state index in [4.69, 9.17) is 23.7 Å². The zero-order valence-electron chi connectivity index (χ0n) is 38.4. The molecule has 0 fully saturated rings. The number of carbonyl (C=O) groups excluding carboxylic acids is 2. The second kappa shape index (κ2) is 23.2. The molecular weight excluding hydrogens is 795 g/mol. The Bertz CT molecular complexity index is 2140. The summed E-state index contributed by atoms with van der Waals surface area (Å²) in [5, 5.41) is 3.34. The Morgan fingerprint density at radius 2 is 1.00 bits per heavy atom. The van der Waals surface area contributed by atoms with Crippen molar-refractivity contribution in [2.45, 2.75) is 50.4 Å². The summed E-state index contributed by atoms with van der Waals surface area (Å²) in [6.07, 6.45) is 1.04. The molecule has 0 saturated heterocycles. The fourth-order valence-corrected chi connectivity index (χ4v) is 7.62. The van der Waals surface area contributed by atoms with Gasteiger partial charge in [-0.3, -0.25) is 4.90 Å². The smallest absolute Gasteiger partial charge is 0.410 e. The summed E-state index contributed by atoms with van der Waals surface area (Å²) in [6.45, 7) is 1.07. The number of carbonyl (C=O) groups is 2. The molecule has 0 radical (unpaired) electrons.